The molecule has 0 aliphatic rings. The molecule has 0 atom stereocenters. The van der Waals surface area contributed by atoms with Crippen LogP contribution in [0.15, 0.2) is 43.0 Å². The van der Waals surface area contributed by atoms with Crippen LogP contribution in [-0.4, -0.2) is 22.3 Å². The first-order chi connectivity index (χ1) is 10.1. The van der Waals surface area contributed by atoms with Crippen LogP contribution in [0, 0.1) is 6.92 Å². The molecule has 0 aliphatic carbocycles. The number of anilines is 3. The molecule has 0 fully saturated rings. The van der Waals surface area contributed by atoms with Crippen molar-refractivity contribution in [3.63, 3.8) is 0 Å². The van der Waals surface area contributed by atoms with Crippen LogP contribution < -0.4 is 10.6 Å². The number of ketones is 1. The number of carbonyl (C=O) groups is 1. The maximum absolute atomic E-state index is 11.2. The molecule has 2 rings (SSSR count). The second-order valence-electron chi connectivity index (χ2n) is 4.65. The van der Waals surface area contributed by atoms with Gasteiger partial charge in [-0.15, -0.1) is 6.58 Å². The van der Waals surface area contributed by atoms with Crippen molar-refractivity contribution in [2.45, 2.75) is 13.8 Å². The third-order valence-corrected chi connectivity index (χ3v) is 2.82. The molecular formula is C16H18N4O. The van der Waals surface area contributed by atoms with Crippen molar-refractivity contribution in [3.8, 4) is 0 Å². The van der Waals surface area contributed by atoms with Crippen molar-refractivity contribution in [3.05, 3.63) is 54.2 Å². The Kier molecular flexibility index (Phi) is 4.66. The van der Waals surface area contributed by atoms with Crippen molar-refractivity contribution in [2.24, 2.45) is 0 Å². The standard InChI is InChI=1S/C16H18N4O/c1-4-9-17-16-18-11(2)10-15(20-16)19-14-7-5-13(6-8-14)12(3)21/h4-8,10H,1,9H2,2-3H3,(H2,17,18,19,20). The number of aryl methyl sites for hydroxylation is 1. The molecule has 108 valence electrons. The fourth-order valence-corrected chi connectivity index (χ4v) is 1.81. The van der Waals surface area contributed by atoms with Gasteiger partial charge in [-0.05, 0) is 38.1 Å². The van der Waals surface area contributed by atoms with Crippen molar-refractivity contribution >= 4 is 23.2 Å². The van der Waals surface area contributed by atoms with Crippen molar-refractivity contribution in [1.29, 1.82) is 0 Å². The topological polar surface area (TPSA) is 66.9 Å². The van der Waals surface area contributed by atoms with Gasteiger partial charge in [0.2, 0.25) is 5.95 Å². The number of carbonyl (C=O) groups excluding carboxylic acids is 1. The number of hydrogen-bond donors (Lipinski definition) is 2. The molecule has 0 bridgehead atoms. The van der Waals surface area contributed by atoms with Gasteiger partial charge in [-0.3, -0.25) is 4.79 Å². The zero-order chi connectivity index (χ0) is 15.2. The van der Waals surface area contributed by atoms with E-state index in [1.165, 1.54) is 0 Å². The summed E-state index contributed by atoms with van der Waals surface area (Å²) in [6.07, 6.45) is 1.75. The number of benzene rings is 1. The zero-order valence-electron chi connectivity index (χ0n) is 12.2. The molecular weight excluding hydrogens is 264 g/mol. The van der Waals surface area contributed by atoms with E-state index in [1.807, 2.05) is 25.1 Å². The monoisotopic (exact) mass is 282 g/mol. The van der Waals surface area contributed by atoms with Gasteiger partial charge < -0.3 is 10.6 Å². The van der Waals surface area contributed by atoms with Crippen molar-refractivity contribution in [1.82, 2.24) is 9.97 Å². The molecule has 0 saturated carbocycles. The second kappa shape index (κ2) is 6.65. The summed E-state index contributed by atoms with van der Waals surface area (Å²) < 4.78 is 0. The van der Waals surface area contributed by atoms with Gasteiger partial charge in [0.1, 0.15) is 5.82 Å². The van der Waals surface area contributed by atoms with E-state index in [1.54, 1.807) is 25.1 Å². The van der Waals surface area contributed by atoms with Crippen LogP contribution in [0.5, 0.6) is 0 Å². The Labute approximate surface area is 124 Å². The number of aromatic nitrogens is 2. The Hall–Kier alpha value is -2.69. The summed E-state index contributed by atoms with van der Waals surface area (Å²) in [4.78, 5) is 19.9. The van der Waals surface area contributed by atoms with Gasteiger partial charge >= 0.3 is 0 Å². The van der Waals surface area contributed by atoms with Crippen LogP contribution in [0.4, 0.5) is 17.5 Å². The van der Waals surface area contributed by atoms with E-state index in [4.69, 9.17) is 0 Å². The molecule has 2 aromatic rings. The molecule has 1 aromatic heterocycles. The van der Waals surface area contributed by atoms with E-state index < -0.39 is 0 Å². The third-order valence-electron chi connectivity index (χ3n) is 2.82. The van der Waals surface area contributed by atoms with Gasteiger partial charge in [-0.25, -0.2) is 4.98 Å². The fraction of sp³-hybridized carbons (Fsp3) is 0.188. The van der Waals surface area contributed by atoms with E-state index in [0.29, 0.717) is 23.9 Å². The van der Waals surface area contributed by atoms with E-state index >= 15 is 0 Å². The lowest BCUT2D eigenvalue weighted by molar-refractivity contribution is 0.101. The van der Waals surface area contributed by atoms with Gasteiger partial charge in [-0.1, -0.05) is 6.08 Å². The molecule has 0 saturated heterocycles. The molecule has 5 heteroatoms. The molecule has 0 radical (unpaired) electrons. The van der Waals surface area contributed by atoms with Crippen molar-refractivity contribution in [2.75, 3.05) is 17.2 Å². The summed E-state index contributed by atoms with van der Waals surface area (Å²) in [6.45, 7) is 7.71. The molecule has 21 heavy (non-hydrogen) atoms. The summed E-state index contributed by atoms with van der Waals surface area (Å²) in [7, 11) is 0. The van der Waals surface area contributed by atoms with Crippen LogP contribution in [0.1, 0.15) is 23.0 Å². The molecule has 0 amide bonds. The predicted octanol–water partition coefficient (Wildman–Crippen LogP) is 3.33. The van der Waals surface area contributed by atoms with E-state index in [2.05, 4.69) is 27.2 Å². The van der Waals surface area contributed by atoms with E-state index in [-0.39, 0.29) is 5.78 Å². The maximum atomic E-state index is 11.2. The maximum Gasteiger partial charge on any atom is 0.225 e. The molecule has 1 heterocycles. The first-order valence-electron chi connectivity index (χ1n) is 6.67. The Morgan fingerprint density at radius 2 is 2.00 bits per heavy atom. The number of hydrogen-bond acceptors (Lipinski definition) is 5. The zero-order valence-corrected chi connectivity index (χ0v) is 12.2. The molecule has 0 unspecified atom stereocenters. The Morgan fingerprint density at radius 1 is 1.29 bits per heavy atom. The van der Waals surface area contributed by atoms with E-state index in [9.17, 15) is 4.79 Å². The molecule has 2 N–H and O–H groups in total. The highest BCUT2D eigenvalue weighted by Gasteiger charge is 2.03. The highest BCUT2D eigenvalue weighted by molar-refractivity contribution is 5.94. The van der Waals surface area contributed by atoms with E-state index in [0.717, 1.165) is 11.4 Å². The smallest absolute Gasteiger partial charge is 0.225 e. The van der Waals surface area contributed by atoms with Crippen LogP contribution in [0.25, 0.3) is 0 Å². The van der Waals surface area contributed by atoms with Gasteiger partial charge in [0, 0.05) is 29.6 Å². The normalized spacial score (nSPS) is 10.0. The lowest BCUT2D eigenvalue weighted by Gasteiger charge is -2.09. The molecule has 5 nitrogen and oxygen atoms in total. The van der Waals surface area contributed by atoms with Crippen LogP contribution in [0.3, 0.4) is 0 Å². The fourth-order valence-electron chi connectivity index (χ4n) is 1.81. The third kappa shape index (κ3) is 4.14. The summed E-state index contributed by atoms with van der Waals surface area (Å²) in [5.41, 5.74) is 2.42. The SMILES string of the molecule is C=CCNc1nc(C)cc(Nc2ccc(C(C)=O)cc2)n1. The molecule has 0 spiro atoms. The lowest BCUT2D eigenvalue weighted by Crippen LogP contribution is -2.06. The summed E-state index contributed by atoms with van der Waals surface area (Å²) in [5.74, 6) is 1.30. The van der Waals surface area contributed by atoms with Crippen LogP contribution in [0.2, 0.25) is 0 Å². The first kappa shape index (κ1) is 14.7. The van der Waals surface area contributed by atoms with Gasteiger partial charge in [-0.2, -0.15) is 4.98 Å². The minimum atomic E-state index is 0.0512. The Morgan fingerprint density at radius 3 is 2.62 bits per heavy atom. The number of nitrogens with zero attached hydrogens (tertiary/aromatic N) is 2. The Balaban J connectivity index is 2.16. The van der Waals surface area contributed by atoms with Crippen molar-refractivity contribution < 1.29 is 4.79 Å². The number of nitrogens with one attached hydrogen (secondary N) is 2. The van der Waals surface area contributed by atoms with Gasteiger partial charge in [0.25, 0.3) is 0 Å². The minimum Gasteiger partial charge on any atom is -0.351 e. The van der Waals surface area contributed by atoms with Crippen LogP contribution >= 0.6 is 0 Å². The van der Waals surface area contributed by atoms with Gasteiger partial charge in [0.15, 0.2) is 5.78 Å². The Bertz CT molecular complexity index is 650. The molecule has 1 aromatic carbocycles. The predicted molar refractivity (Wildman–Crippen MR) is 85.2 cm³/mol. The van der Waals surface area contributed by atoms with Crippen LogP contribution in [-0.2, 0) is 0 Å². The largest absolute Gasteiger partial charge is 0.351 e. The summed E-state index contributed by atoms with van der Waals surface area (Å²) in [6, 6.07) is 9.14. The highest BCUT2D eigenvalue weighted by atomic mass is 16.1. The quantitative estimate of drug-likeness (QED) is 0.628. The number of Topliss-reactive ketones (excluding diaryl/α,β-unsaturated/α-hetero) is 1. The lowest BCUT2D eigenvalue weighted by atomic mass is 10.1. The summed E-state index contributed by atoms with van der Waals surface area (Å²) >= 11 is 0. The molecule has 0 aliphatic heterocycles. The average molecular weight is 282 g/mol. The highest BCUT2D eigenvalue weighted by Crippen LogP contribution is 2.17. The minimum absolute atomic E-state index is 0.0512. The summed E-state index contributed by atoms with van der Waals surface area (Å²) in [5, 5.41) is 6.26. The average Bonchev–Trinajstić information content (AvgIpc) is 2.45. The first-order valence-corrected chi connectivity index (χ1v) is 6.67. The number of rotatable bonds is 6. The second-order valence-corrected chi connectivity index (χ2v) is 4.65. The van der Waals surface area contributed by atoms with Gasteiger partial charge in [0.05, 0.1) is 0 Å².